The van der Waals surface area contributed by atoms with Gasteiger partial charge in [0.05, 0.1) is 5.69 Å². The van der Waals surface area contributed by atoms with E-state index in [2.05, 4.69) is 186 Å². The summed E-state index contributed by atoms with van der Waals surface area (Å²) in [6.07, 6.45) is 4.13. The number of nitrogens with one attached hydrogen (secondary N) is 3. The Balaban J connectivity index is 0.896. The van der Waals surface area contributed by atoms with E-state index in [1.807, 2.05) is 18.2 Å². The molecule has 0 aliphatic carbocycles. The zero-order chi connectivity index (χ0) is 37.7. The molecule has 2 aliphatic rings. The fourth-order valence-corrected chi connectivity index (χ4v) is 8.49. The van der Waals surface area contributed by atoms with Crippen molar-refractivity contribution in [2.45, 2.75) is 12.3 Å². The summed E-state index contributed by atoms with van der Waals surface area (Å²) < 4.78 is 6.35. The Kier molecular flexibility index (Phi) is 8.04. The lowest BCUT2D eigenvalue weighted by molar-refractivity contribution is 0.409. The van der Waals surface area contributed by atoms with E-state index in [4.69, 9.17) is 9.41 Å². The molecule has 11 rings (SSSR count). The van der Waals surface area contributed by atoms with Gasteiger partial charge in [-0.3, -0.25) is 5.32 Å². The lowest BCUT2D eigenvalue weighted by Gasteiger charge is -2.32. The maximum atomic E-state index is 6.35. The molecule has 0 saturated heterocycles. The van der Waals surface area contributed by atoms with Crippen molar-refractivity contribution in [3.05, 3.63) is 204 Å². The number of anilines is 1. The third-order valence-corrected chi connectivity index (χ3v) is 11.4. The molecule has 3 N–H and O–H groups in total. The van der Waals surface area contributed by atoms with Crippen molar-refractivity contribution in [3.8, 4) is 33.4 Å². The Bertz CT molecular complexity index is 3020. The summed E-state index contributed by atoms with van der Waals surface area (Å²) in [5.74, 6) is 0.877. The standard InChI is InChI=1S/C52H38N4O/c1-2-11-37(12-3-1)50-54-51(56-52(55-50)40-28-19-33-10-4-5-13-39(33)32-40)38-26-24-35(25-27-38)42-30-29-41(45-17-9-31-53-48(42)45)34-20-22-36(23-21-34)43-15-8-16-46-44-14-6-7-18-47(44)57-49(43)46/h1-30,32,50-51,53-54H,31H2,(H,55,56). The number of hydrogen-bond acceptors (Lipinski definition) is 5. The van der Waals surface area contributed by atoms with Crippen LogP contribution in [0.1, 0.15) is 34.6 Å². The second-order valence-corrected chi connectivity index (χ2v) is 14.8. The average Bonchev–Trinajstić information content (AvgIpc) is 3.68. The van der Waals surface area contributed by atoms with Crippen LogP contribution in [0.2, 0.25) is 0 Å². The summed E-state index contributed by atoms with van der Waals surface area (Å²) in [7, 11) is 0. The van der Waals surface area contributed by atoms with Gasteiger partial charge < -0.3 is 15.1 Å². The Hall–Kier alpha value is -7.21. The number of aliphatic imine (C=N–C) groups is 1. The van der Waals surface area contributed by atoms with E-state index in [9.17, 15) is 0 Å². The van der Waals surface area contributed by atoms with Gasteiger partial charge in [-0.1, -0.05) is 176 Å². The number of amidine groups is 1. The fraction of sp³-hybridized carbons (Fsp3) is 0.0577. The van der Waals surface area contributed by atoms with E-state index in [0.29, 0.717) is 0 Å². The molecule has 2 atom stereocenters. The molecule has 8 aromatic carbocycles. The highest BCUT2D eigenvalue weighted by Gasteiger charge is 2.26. The zero-order valence-corrected chi connectivity index (χ0v) is 31.1. The van der Waals surface area contributed by atoms with Crippen LogP contribution in [0.3, 0.4) is 0 Å². The molecular weight excluding hydrogens is 697 g/mol. The van der Waals surface area contributed by atoms with Gasteiger partial charge in [0.15, 0.2) is 0 Å². The molecule has 0 radical (unpaired) electrons. The molecule has 0 bridgehead atoms. The molecule has 1 aromatic heterocycles. The van der Waals surface area contributed by atoms with Crippen LogP contribution in [0.5, 0.6) is 0 Å². The van der Waals surface area contributed by atoms with E-state index < -0.39 is 0 Å². The van der Waals surface area contributed by atoms with Crippen LogP contribution >= 0.6 is 0 Å². The first-order chi connectivity index (χ1) is 28.2. The predicted octanol–water partition coefficient (Wildman–Crippen LogP) is 12.5. The van der Waals surface area contributed by atoms with Crippen molar-refractivity contribution < 1.29 is 4.42 Å². The Labute approximate surface area is 331 Å². The largest absolute Gasteiger partial charge is 0.455 e. The van der Waals surface area contributed by atoms with Crippen molar-refractivity contribution in [3.63, 3.8) is 0 Å². The van der Waals surface area contributed by atoms with Crippen LogP contribution in [0.25, 0.3) is 72.2 Å². The SMILES string of the molecule is C1=Cc2c(-c3ccc(-c4cccc5c4oc4ccccc45)cc3)ccc(-c3ccc(C4NC(c5ccc6ccccc6c5)=NC(c5ccccc5)N4)cc3)c2NC1. The van der Waals surface area contributed by atoms with Crippen LogP contribution in [0.15, 0.2) is 191 Å². The van der Waals surface area contributed by atoms with Crippen LogP contribution in [0, 0.1) is 0 Å². The molecule has 272 valence electrons. The van der Waals surface area contributed by atoms with Gasteiger partial charge in [0.25, 0.3) is 0 Å². The second-order valence-electron chi connectivity index (χ2n) is 14.8. The van der Waals surface area contributed by atoms with Crippen molar-refractivity contribution in [2.75, 3.05) is 11.9 Å². The molecule has 5 nitrogen and oxygen atoms in total. The van der Waals surface area contributed by atoms with Gasteiger partial charge in [0.2, 0.25) is 0 Å². The highest BCUT2D eigenvalue weighted by atomic mass is 16.3. The molecule has 2 aliphatic heterocycles. The summed E-state index contributed by atoms with van der Waals surface area (Å²) in [5.41, 5.74) is 14.5. The number of furan rings is 1. The van der Waals surface area contributed by atoms with E-state index in [-0.39, 0.29) is 12.3 Å². The number of rotatable bonds is 6. The normalized spacial score (nSPS) is 16.2. The zero-order valence-electron chi connectivity index (χ0n) is 31.1. The van der Waals surface area contributed by atoms with Gasteiger partial charge in [-0.05, 0) is 56.3 Å². The molecule has 57 heavy (non-hydrogen) atoms. The van der Waals surface area contributed by atoms with Gasteiger partial charge in [0.1, 0.15) is 29.3 Å². The number of nitrogens with zero attached hydrogens (tertiary/aromatic N) is 1. The fourth-order valence-electron chi connectivity index (χ4n) is 8.49. The third kappa shape index (κ3) is 5.97. The van der Waals surface area contributed by atoms with Crippen LogP contribution < -0.4 is 16.0 Å². The second kappa shape index (κ2) is 13.8. The average molecular weight is 735 g/mol. The van der Waals surface area contributed by atoms with Crippen molar-refractivity contribution in [1.29, 1.82) is 0 Å². The van der Waals surface area contributed by atoms with Gasteiger partial charge in [0, 0.05) is 39.6 Å². The molecule has 0 saturated carbocycles. The van der Waals surface area contributed by atoms with Crippen LogP contribution in [0.4, 0.5) is 5.69 Å². The van der Waals surface area contributed by atoms with E-state index >= 15 is 0 Å². The van der Waals surface area contributed by atoms with E-state index in [0.717, 1.165) is 73.4 Å². The monoisotopic (exact) mass is 734 g/mol. The highest BCUT2D eigenvalue weighted by molar-refractivity contribution is 6.09. The number of fused-ring (bicyclic) bond motifs is 5. The smallest absolute Gasteiger partial charge is 0.143 e. The summed E-state index contributed by atoms with van der Waals surface area (Å²) in [6, 6.07) is 62.5. The number of benzene rings is 8. The quantitative estimate of drug-likeness (QED) is 0.159. The minimum atomic E-state index is -0.192. The summed E-state index contributed by atoms with van der Waals surface area (Å²) in [6.45, 7) is 0.787. The first-order valence-electron chi connectivity index (χ1n) is 19.6. The summed E-state index contributed by atoms with van der Waals surface area (Å²) in [4.78, 5) is 5.17. The minimum absolute atomic E-state index is 0.137. The number of para-hydroxylation sites is 2. The van der Waals surface area contributed by atoms with Crippen molar-refractivity contribution in [2.24, 2.45) is 4.99 Å². The highest BCUT2D eigenvalue weighted by Crippen LogP contribution is 2.41. The maximum Gasteiger partial charge on any atom is 0.143 e. The minimum Gasteiger partial charge on any atom is -0.455 e. The topological polar surface area (TPSA) is 61.6 Å². The molecule has 0 spiro atoms. The van der Waals surface area contributed by atoms with Gasteiger partial charge in [-0.2, -0.15) is 0 Å². The Morgan fingerprint density at radius 2 is 1.21 bits per heavy atom. The Morgan fingerprint density at radius 3 is 2.07 bits per heavy atom. The maximum absolute atomic E-state index is 6.35. The van der Waals surface area contributed by atoms with Gasteiger partial charge in [-0.15, -0.1) is 0 Å². The van der Waals surface area contributed by atoms with E-state index in [1.54, 1.807) is 0 Å². The van der Waals surface area contributed by atoms with Crippen LogP contribution in [-0.2, 0) is 0 Å². The number of hydrogen-bond donors (Lipinski definition) is 3. The summed E-state index contributed by atoms with van der Waals surface area (Å²) >= 11 is 0. The molecule has 0 fully saturated rings. The van der Waals surface area contributed by atoms with Gasteiger partial charge >= 0.3 is 0 Å². The molecular formula is C52H38N4O. The van der Waals surface area contributed by atoms with Gasteiger partial charge in [-0.25, -0.2) is 4.99 Å². The Morgan fingerprint density at radius 1 is 0.526 bits per heavy atom. The van der Waals surface area contributed by atoms with Crippen molar-refractivity contribution in [1.82, 2.24) is 10.6 Å². The molecule has 5 heteroatoms. The molecule has 2 unspecified atom stereocenters. The molecule has 0 amide bonds. The molecule has 3 heterocycles. The first kappa shape index (κ1) is 33.2. The lowest BCUT2D eigenvalue weighted by Crippen LogP contribution is -2.44. The van der Waals surface area contributed by atoms with Crippen molar-refractivity contribution >= 4 is 50.3 Å². The van der Waals surface area contributed by atoms with Crippen LogP contribution in [-0.4, -0.2) is 12.4 Å². The lowest BCUT2D eigenvalue weighted by atomic mass is 9.90. The van der Waals surface area contributed by atoms with E-state index in [1.165, 1.54) is 33.0 Å². The first-order valence-corrected chi connectivity index (χ1v) is 19.6. The third-order valence-electron chi connectivity index (χ3n) is 11.4. The predicted molar refractivity (Wildman–Crippen MR) is 236 cm³/mol. The summed E-state index contributed by atoms with van der Waals surface area (Å²) in [5, 5.41) is 15.9. The molecule has 9 aromatic rings.